The van der Waals surface area contributed by atoms with E-state index in [9.17, 15) is 22.8 Å². The standard InChI is InChI=1S/C23H25F3N2O4/c1-14-12-16(13-15(2)20(14)31-3)22(30)28-10-8-17(9-11-28)27-21(29)18-6-4-5-7-19(18)32-23(24,25)26/h4-7,12-13,17H,8-11H2,1-3H3,(H,27,29). The molecule has 2 aromatic carbocycles. The highest BCUT2D eigenvalue weighted by Crippen LogP contribution is 2.27. The molecule has 1 heterocycles. The van der Waals surface area contributed by atoms with Gasteiger partial charge in [0.15, 0.2) is 0 Å². The maximum atomic E-state index is 12.9. The van der Waals surface area contributed by atoms with E-state index >= 15 is 0 Å². The summed E-state index contributed by atoms with van der Waals surface area (Å²) in [6.07, 6.45) is -3.90. The van der Waals surface area contributed by atoms with Crippen molar-refractivity contribution in [1.29, 1.82) is 0 Å². The van der Waals surface area contributed by atoms with Gasteiger partial charge >= 0.3 is 6.36 Å². The third kappa shape index (κ3) is 5.52. The average Bonchev–Trinajstić information content (AvgIpc) is 2.72. The Hall–Kier alpha value is -3.23. The minimum Gasteiger partial charge on any atom is -0.496 e. The largest absolute Gasteiger partial charge is 0.573 e. The Morgan fingerprint density at radius 2 is 1.66 bits per heavy atom. The second kappa shape index (κ2) is 9.50. The van der Waals surface area contributed by atoms with Crippen molar-refractivity contribution in [2.24, 2.45) is 0 Å². The minimum atomic E-state index is -4.89. The molecule has 0 unspecified atom stereocenters. The Bertz CT molecular complexity index is 976. The number of hydrogen-bond donors (Lipinski definition) is 1. The number of piperidine rings is 1. The number of benzene rings is 2. The van der Waals surface area contributed by atoms with Crippen LogP contribution in [0, 0.1) is 13.8 Å². The number of ether oxygens (including phenoxy) is 2. The first-order valence-electron chi connectivity index (χ1n) is 10.2. The lowest BCUT2D eigenvalue weighted by Gasteiger charge is -2.32. The predicted octanol–water partition coefficient (Wildman–Crippen LogP) is 4.25. The van der Waals surface area contributed by atoms with Gasteiger partial charge in [-0.3, -0.25) is 9.59 Å². The van der Waals surface area contributed by atoms with Crippen LogP contribution in [0.25, 0.3) is 0 Å². The second-order valence-corrected chi connectivity index (χ2v) is 7.73. The van der Waals surface area contributed by atoms with E-state index in [1.807, 2.05) is 13.8 Å². The molecule has 9 heteroatoms. The van der Waals surface area contributed by atoms with Gasteiger partial charge in [0.25, 0.3) is 11.8 Å². The zero-order valence-electron chi connectivity index (χ0n) is 18.1. The molecule has 3 rings (SSSR count). The fraction of sp³-hybridized carbons (Fsp3) is 0.391. The minimum absolute atomic E-state index is 0.104. The summed E-state index contributed by atoms with van der Waals surface area (Å²) >= 11 is 0. The van der Waals surface area contributed by atoms with Gasteiger partial charge in [-0.1, -0.05) is 12.1 Å². The summed E-state index contributed by atoms with van der Waals surface area (Å²) in [5, 5.41) is 2.75. The van der Waals surface area contributed by atoms with Crippen LogP contribution in [0.1, 0.15) is 44.7 Å². The predicted molar refractivity (Wildman–Crippen MR) is 112 cm³/mol. The number of para-hydroxylation sites is 1. The number of halogens is 3. The van der Waals surface area contributed by atoms with Crippen molar-refractivity contribution in [3.63, 3.8) is 0 Å². The van der Waals surface area contributed by atoms with Gasteiger partial charge in [-0.05, 0) is 62.1 Å². The number of nitrogens with one attached hydrogen (secondary N) is 1. The molecule has 1 N–H and O–H groups in total. The van der Waals surface area contributed by atoms with Crippen molar-refractivity contribution in [3.05, 3.63) is 58.7 Å². The van der Waals surface area contributed by atoms with Gasteiger partial charge in [-0.2, -0.15) is 0 Å². The smallest absolute Gasteiger partial charge is 0.496 e. The van der Waals surface area contributed by atoms with Gasteiger partial charge in [0.2, 0.25) is 0 Å². The van der Waals surface area contributed by atoms with E-state index in [1.54, 1.807) is 24.1 Å². The lowest BCUT2D eigenvalue weighted by molar-refractivity contribution is -0.274. The Morgan fingerprint density at radius 1 is 1.06 bits per heavy atom. The number of carbonyl (C=O) groups excluding carboxylic acids is 2. The molecule has 1 aliphatic rings. The molecule has 0 radical (unpaired) electrons. The van der Waals surface area contributed by atoms with Crippen LogP contribution in [0.15, 0.2) is 36.4 Å². The van der Waals surface area contributed by atoms with E-state index in [0.717, 1.165) is 22.9 Å². The molecule has 0 aromatic heterocycles. The number of nitrogens with zero attached hydrogens (tertiary/aromatic N) is 1. The first-order valence-corrected chi connectivity index (χ1v) is 10.2. The van der Waals surface area contributed by atoms with Crippen LogP contribution >= 0.6 is 0 Å². The first-order chi connectivity index (χ1) is 15.1. The van der Waals surface area contributed by atoms with Crippen LogP contribution in [0.4, 0.5) is 13.2 Å². The molecule has 0 spiro atoms. The van der Waals surface area contributed by atoms with E-state index < -0.39 is 18.0 Å². The van der Waals surface area contributed by atoms with Crippen LogP contribution in [0.5, 0.6) is 11.5 Å². The van der Waals surface area contributed by atoms with Crippen molar-refractivity contribution < 1.29 is 32.2 Å². The molecule has 172 valence electrons. The highest BCUT2D eigenvalue weighted by molar-refractivity contribution is 5.97. The number of carbonyl (C=O) groups is 2. The lowest BCUT2D eigenvalue weighted by Crippen LogP contribution is -2.46. The fourth-order valence-corrected chi connectivity index (χ4v) is 3.94. The molecular weight excluding hydrogens is 425 g/mol. The van der Waals surface area contributed by atoms with E-state index in [0.29, 0.717) is 31.5 Å². The Balaban J connectivity index is 1.61. The highest BCUT2D eigenvalue weighted by Gasteiger charge is 2.33. The maximum absolute atomic E-state index is 12.9. The second-order valence-electron chi connectivity index (χ2n) is 7.73. The lowest BCUT2D eigenvalue weighted by atomic mass is 10.0. The number of rotatable bonds is 5. The van der Waals surface area contributed by atoms with E-state index in [2.05, 4.69) is 10.1 Å². The van der Waals surface area contributed by atoms with Gasteiger partial charge < -0.3 is 19.7 Å². The number of hydrogen-bond acceptors (Lipinski definition) is 4. The van der Waals surface area contributed by atoms with Crippen LogP contribution in [0.2, 0.25) is 0 Å². The molecule has 2 aromatic rings. The first kappa shape index (κ1) is 23.4. The number of amides is 2. The molecule has 32 heavy (non-hydrogen) atoms. The maximum Gasteiger partial charge on any atom is 0.573 e. The fourth-order valence-electron chi connectivity index (χ4n) is 3.94. The zero-order valence-corrected chi connectivity index (χ0v) is 18.1. The van der Waals surface area contributed by atoms with Crippen molar-refractivity contribution in [1.82, 2.24) is 10.2 Å². The summed E-state index contributed by atoms with van der Waals surface area (Å²) in [7, 11) is 1.59. The molecule has 0 saturated carbocycles. The van der Waals surface area contributed by atoms with Crippen LogP contribution in [-0.2, 0) is 0 Å². The molecule has 1 fully saturated rings. The van der Waals surface area contributed by atoms with Gasteiger partial charge in [-0.25, -0.2) is 0 Å². The quantitative estimate of drug-likeness (QED) is 0.740. The summed E-state index contributed by atoms with van der Waals surface area (Å²) in [5.41, 5.74) is 2.13. The van der Waals surface area contributed by atoms with Crippen molar-refractivity contribution in [2.75, 3.05) is 20.2 Å². The summed E-state index contributed by atoms with van der Waals surface area (Å²) in [4.78, 5) is 27.2. The van der Waals surface area contributed by atoms with E-state index in [-0.39, 0.29) is 17.5 Å². The van der Waals surface area contributed by atoms with Gasteiger partial charge in [0.1, 0.15) is 11.5 Å². The molecule has 6 nitrogen and oxygen atoms in total. The SMILES string of the molecule is COc1c(C)cc(C(=O)N2CCC(NC(=O)c3ccccc3OC(F)(F)F)CC2)cc1C. The Morgan fingerprint density at radius 3 is 2.22 bits per heavy atom. The van der Waals surface area contributed by atoms with Gasteiger partial charge in [0.05, 0.1) is 12.7 Å². The number of likely N-dealkylation sites (tertiary alicyclic amines) is 1. The molecule has 2 amide bonds. The summed E-state index contributed by atoms with van der Waals surface area (Å²) in [6.45, 7) is 4.61. The third-order valence-corrected chi connectivity index (χ3v) is 5.39. The zero-order chi connectivity index (χ0) is 23.5. The third-order valence-electron chi connectivity index (χ3n) is 5.39. The van der Waals surface area contributed by atoms with Crippen LogP contribution in [0.3, 0.4) is 0 Å². The summed E-state index contributed by atoms with van der Waals surface area (Å²) in [5.74, 6) is -0.545. The van der Waals surface area contributed by atoms with Crippen molar-refractivity contribution in [2.45, 2.75) is 39.1 Å². The van der Waals surface area contributed by atoms with Gasteiger partial charge in [-0.15, -0.1) is 13.2 Å². The average molecular weight is 450 g/mol. The topological polar surface area (TPSA) is 67.9 Å². The Kier molecular flexibility index (Phi) is 6.96. The van der Waals surface area contributed by atoms with Crippen LogP contribution < -0.4 is 14.8 Å². The number of aryl methyl sites for hydroxylation is 2. The monoisotopic (exact) mass is 450 g/mol. The molecule has 1 saturated heterocycles. The van der Waals surface area contributed by atoms with E-state index in [4.69, 9.17) is 4.74 Å². The summed E-state index contributed by atoms with van der Waals surface area (Å²) < 4.78 is 47.1. The van der Waals surface area contributed by atoms with Crippen molar-refractivity contribution in [3.8, 4) is 11.5 Å². The molecule has 0 aliphatic carbocycles. The van der Waals surface area contributed by atoms with E-state index in [1.165, 1.54) is 18.2 Å². The molecule has 0 atom stereocenters. The number of alkyl halides is 3. The normalized spacial score (nSPS) is 14.8. The highest BCUT2D eigenvalue weighted by atomic mass is 19.4. The molecule has 0 bridgehead atoms. The van der Waals surface area contributed by atoms with Gasteiger partial charge in [0, 0.05) is 24.7 Å². The summed E-state index contributed by atoms with van der Waals surface area (Å²) in [6, 6.07) is 8.54. The van der Waals surface area contributed by atoms with Crippen LogP contribution in [-0.4, -0.2) is 49.3 Å². The number of methoxy groups -OCH3 is 1. The molecule has 1 aliphatic heterocycles. The van der Waals surface area contributed by atoms with Crippen molar-refractivity contribution >= 4 is 11.8 Å². The Labute approximate surface area is 184 Å². The molecular formula is C23H25F3N2O4.